The third-order valence-corrected chi connectivity index (χ3v) is 5.21. The zero-order chi connectivity index (χ0) is 15.2. The molecule has 1 aromatic rings. The van der Waals surface area contributed by atoms with Crippen LogP contribution in [0.1, 0.15) is 12.8 Å². The van der Waals surface area contributed by atoms with Crippen molar-refractivity contribution < 1.29 is 9.72 Å². The Morgan fingerprint density at radius 3 is 2.86 bits per heavy atom. The quantitative estimate of drug-likeness (QED) is 0.612. The maximum atomic E-state index is 11.9. The number of nitro benzene ring substituents is 1. The maximum Gasteiger partial charge on any atom is 0.285 e. The molecule has 0 bridgehead atoms. The summed E-state index contributed by atoms with van der Waals surface area (Å²) >= 11 is 4.76. The maximum absolute atomic E-state index is 11.9. The largest absolute Gasteiger partial charge is 0.325 e. The monoisotopic (exact) mass is 373 g/mol. The van der Waals surface area contributed by atoms with Crippen LogP contribution in [0.25, 0.3) is 0 Å². The fraction of sp³-hybridized carbons (Fsp3) is 0.462. The second-order valence-corrected chi connectivity index (χ2v) is 6.87. The van der Waals surface area contributed by atoms with Gasteiger partial charge in [0, 0.05) is 17.0 Å². The lowest BCUT2D eigenvalue weighted by Crippen LogP contribution is -2.30. The van der Waals surface area contributed by atoms with Crippen LogP contribution in [0.5, 0.6) is 0 Å². The summed E-state index contributed by atoms with van der Waals surface area (Å²) in [6.07, 6.45) is 2.14. The average Bonchev–Trinajstić information content (AvgIpc) is 2.48. The normalized spacial score (nSPS) is 15.7. The summed E-state index contributed by atoms with van der Waals surface area (Å²) in [7, 11) is 0. The van der Waals surface area contributed by atoms with Crippen LogP contribution >= 0.6 is 27.7 Å². The van der Waals surface area contributed by atoms with Gasteiger partial charge in [-0.05, 0) is 54.0 Å². The average molecular weight is 374 g/mol. The molecular weight excluding hydrogens is 358 g/mol. The zero-order valence-corrected chi connectivity index (χ0v) is 13.7. The Balaban J connectivity index is 1.87. The number of halogens is 1. The number of thioether (sulfide) groups is 1. The van der Waals surface area contributed by atoms with Crippen LogP contribution in [-0.2, 0) is 4.79 Å². The molecule has 0 radical (unpaired) electrons. The van der Waals surface area contributed by atoms with Gasteiger partial charge in [0.2, 0.25) is 5.91 Å². The van der Waals surface area contributed by atoms with Crippen molar-refractivity contribution in [1.82, 2.24) is 5.32 Å². The third-order valence-electron chi connectivity index (χ3n) is 3.16. The molecule has 1 aliphatic rings. The Morgan fingerprint density at radius 2 is 2.19 bits per heavy atom. The van der Waals surface area contributed by atoms with E-state index >= 15 is 0 Å². The molecular formula is C13H16BrN3O3S. The molecule has 1 amide bonds. The third kappa shape index (κ3) is 4.98. The number of nitro groups is 1. The number of rotatable bonds is 5. The summed E-state index contributed by atoms with van der Waals surface area (Å²) in [5, 5.41) is 17.3. The van der Waals surface area contributed by atoms with E-state index in [4.69, 9.17) is 0 Å². The van der Waals surface area contributed by atoms with E-state index in [1.165, 1.54) is 6.07 Å². The van der Waals surface area contributed by atoms with Gasteiger partial charge < -0.3 is 10.6 Å². The van der Waals surface area contributed by atoms with Crippen molar-refractivity contribution in [3.63, 3.8) is 0 Å². The first kappa shape index (κ1) is 16.3. The highest BCUT2D eigenvalue weighted by Crippen LogP contribution is 2.28. The minimum absolute atomic E-state index is 0.0567. The first-order valence-electron chi connectivity index (χ1n) is 6.62. The van der Waals surface area contributed by atoms with E-state index < -0.39 is 4.92 Å². The first-order chi connectivity index (χ1) is 10.1. The van der Waals surface area contributed by atoms with Gasteiger partial charge in [-0.2, -0.15) is 0 Å². The SMILES string of the molecule is O=C(CSC1CCNCC1)Nc1ccc(Br)c([N+](=O)[O-])c1. The van der Waals surface area contributed by atoms with Crippen LogP contribution < -0.4 is 10.6 Å². The van der Waals surface area contributed by atoms with Gasteiger partial charge in [0.05, 0.1) is 15.1 Å². The molecule has 0 aromatic heterocycles. The number of amides is 1. The molecule has 2 rings (SSSR count). The molecule has 0 spiro atoms. The summed E-state index contributed by atoms with van der Waals surface area (Å²) < 4.78 is 0.398. The number of hydrogen-bond donors (Lipinski definition) is 2. The highest BCUT2D eigenvalue weighted by Gasteiger charge is 2.16. The van der Waals surface area contributed by atoms with Crippen molar-refractivity contribution in [2.45, 2.75) is 18.1 Å². The van der Waals surface area contributed by atoms with Crippen molar-refractivity contribution in [1.29, 1.82) is 0 Å². The number of carbonyl (C=O) groups excluding carboxylic acids is 1. The number of benzene rings is 1. The van der Waals surface area contributed by atoms with Gasteiger partial charge in [-0.25, -0.2) is 0 Å². The Labute approximate surface area is 135 Å². The van der Waals surface area contributed by atoms with Crippen molar-refractivity contribution in [3.8, 4) is 0 Å². The minimum atomic E-state index is -0.483. The molecule has 2 N–H and O–H groups in total. The second kappa shape index (κ2) is 7.77. The lowest BCUT2D eigenvalue weighted by Gasteiger charge is -2.21. The van der Waals surface area contributed by atoms with Crippen LogP contribution in [0.15, 0.2) is 22.7 Å². The molecule has 1 fully saturated rings. The van der Waals surface area contributed by atoms with Crippen molar-refractivity contribution in [3.05, 3.63) is 32.8 Å². The number of hydrogen-bond acceptors (Lipinski definition) is 5. The van der Waals surface area contributed by atoms with Crippen LogP contribution in [0.3, 0.4) is 0 Å². The lowest BCUT2D eigenvalue weighted by atomic mass is 10.2. The van der Waals surface area contributed by atoms with E-state index in [0.717, 1.165) is 25.9 Å². The summed E-state index contributed by atoms with van der Waals surface area (Å²) in [5.74, 6) is 0.240. The molecule has 0 atom stereocenters. The molecule has 6 nitrogen and oxygen atoms in total. The van der Waals surface area contributed by atoms with Gasteiger partial charge in [0.1, 0.15) is 0 Å². The molecule has 21 heavy (non-hydrogen) atoms. The summed E-state index contributed by atoms with van der Waals surface area (Å²) in [6.45, 7) is 2.00. The number of piperidine rings is 1. The topological polar surface area (TPSA) is 84.3 Å². The Morgan fingerprint density at radius 1 is 1.48 bits per heavy atom. The summed E-state index contributed by atoms with van der Waals surface area (Å²) in [4.78, 5) is 22.3. The molecule has 0 aliphatic carbocycles. The fourth-order valence-corrected chi connectivity index (χ4v) is 3.50. The standard InChI is InChI=1S/C13H16BrN3O3S/c14-11-2-1-9(7-12(11)17(19)20)16-13(18)8-21-10-3-5-15-6-4-10/h1-2,7,10,15H,3-6,8H2,(H,16,18). The Bertz CT molecular complexity index is 535. The van der Waals surface area contributed by atoms with Crippen molar-refractivity contribution in [2.75, 3.05) is 24.2 Å². The predicted octanol–water partition coefficient (Wildman–Crippen LogP) is 2.78. The van der Waals surface area contributed by atoms with Gasteiger partial charge in [-0.3, -0.25) is 14.9 Å². The number of carbonyl (C=O) groups is 1. The molecule has 1 saturated heterocycles. The van der Waals surface area contributed by atoms with Crippen LogP contribution in [-0.4, -0.2) is 34.9 Å². The van der Waals surface area contributed by atoms with Crippen molar-refractivity contribution in [2.24, 2.45) is 0 Å². The molecule has 0 saturated carbocycles. The zero-order valence-electron chi connectivity index (χ0n) is 11.3. The number of anilines is 1. The molecule has 0 unspecified atom stereocenters. The highest BCUT2D eigenvalue weighted by atomic mass is 79.9. The van der Waals surface area contributed by atoms with Gasteiger partial charge in [0.15, 0.2) is 0 Å². The first-order valence-corrected chi connectivity index (χ1v) is 8.46. The van der Waals surface area contributed by atoms with E-state index in [1.807, 2.05) is 0 Å². The van der Waals surface area contributed by atoms with Crippen molar-refractivity contribution >= 4 is 45.0 Å². The fourth-order valence-electron chi connectivity index (χ4n) is 2.08. The van der Waals surface area contributed by atoms with Crippen LogP contribution in [0.2, 0.25) is 0 Å². The van der Waals surface area contributed by atoms with Gasteiger partial charge >= 0.3 is 0 Å². The van der Waals surface area contributed by atoms with E-state index in [9.17, 15) is 14.9 Å². The Kier molecular flexibility index (Phi) is 6.01. The van der Waals surface area contributed by atoms with Gasteiger partial charge in [-0.15, -0.1) is 11.8 Å². The molecule has 1 heterocycles. The van der Waals surface area contributed by atoms with Crippen LogP contribution in [0.4, 0.5) is 11.4 Å². The molecule has 8 heteroatoms. The number of nitrogens with zero attached hydrogens (tertiary/aromatic N) is 1. The molecule has 114 valence electrons. The lowest BCUT2D eigenvalue weighted by molar-refractivity contribution is -0.385. The second-order valence-electron chi connectivity index (χ2n) is 4.73. The van der Waals surface area contributed by atoms with Gasteiger partial charge in [0.25, 0.3) is 5.69 Å². The van der Waals surface area contributed by atoms with E-state index in [1.54, 1.807) is 23.9 Å². The molecule has 1 aromatic carbocycles. The summed E-state index contributed by atoms with van der Waals surface area (Å²) in [5.41, 5.74) is 0.389. The summed E-state index contributed by atoms with van der Waals surface area (Å²) in [6, 6.07) is 4.56. The minimum Gasteiger partial charge on any atom is -0.325 e. The van der Waals surface area contributed by atoms with Gasteiger partial charge in [-0.1, -0.05) is 0 Å². The van der Waals surface area contributed by atoms with Crippen LogP contribution in [0, 0.1) is 10.1 Å². The smallest absolute Gasteiger partial charge is 0.285 e. The van der Waals surface area contributed by atoms with E-state index in [-0.39, 0.29) is 11.6 Å². The number of nitrogens with one attached hydrogen (secondary N) is 2. The predicted molar refractivity (Wildman–Crippen MR) is 87.8 cm³/mol. The van der Waals surface area contributed by atoms with E-state index in [0.29, 0.717) is 21.2 Å². The molecule has 1 aliphatic heterocycles. The highest BCUT2D eigenvalue weighted by molar-refractivity contribution is 9.10. The Hall–Kier alpha value is -1.12. The van der Waals surface area contributed by atoms with E-state index in [2.05, 4.69) is 26.6 Å².